The van der Waals surface area contributed by atoms with Gasteiger partial charge in [-0.05, 0) is 71.2 Å². The number of hydrogen-bond donors (Lipinski definition) is 0. The molecule has 1 unspecified atom stereocenters. The minimum Gasteiger partial charge on any atom is -0.306 e. The summed E-state index contributed by atoms with van der Waals surface area (Å²) in [5.74, 6) is 6.03. The van der Waals surface area contributed by atoms with E-state index in [0.29, 0.717) is 11.3 Å². The van der Waals surface area contributed by atoms with Crippen LogP contribution in [0.3, 0.4) is 0 Å². The molecule has 0 bridgehead atoms. The van der Waals surface area contributed by atoms with Crippen LogP contribution in [0.25, 0.3) is 5.57 Å². The second-order valence-corrected chi connectivity index (χ2v) is 9.09. The summed E-state index contributed by atoms with van der Waals surface area (Å²) in [7, 11) is -0.639. The predicted molar refractivity (Wildman–Crippen MR) is 126 cm³/mol. The van der Waals surface area contributed by atoms with Crippen molar-refractivity contribution >= 4 is 34.7 Å². The third-order valence-electron chi connectivity index (χ3n) is 5.49. The van der Waals surface area contributed by atoms with Crippen LogP contribution in [-0.2, 0) is 6.54 Å². The molecule has 1 fully saturated rings. The van der Waals surface area contributed by atoms with Crippen LogP contribution in [0.5, 0.6) is 0 Å². The highest BCUT2D eigenvalue weighted by Crippen LogP contribution is 2.35. The van der Waals surface area contributed by atoms with E-state index in [1.807, 2.05) is 23.4 Å². The first-order chi connectivity index (χ1) is 14.4. The zero-order valence-corrected chi connectivity index (χ0v) is 18.1. The first-order valence-electron chi connectivity index (χ1n) is 10.1. The summed E-state index contributed by atoms with van der Waals surface area (Å²) >= 11 is 0. The number of hydrogen-bond acceptors (Lipinski definition) is 3. The van der Waals surface area contributed by atoms with Crippen LogP contribution < -0.4 is 4.31 Å². The number of nitriles is 1. The Balaban J connectivity index is 1.88. The topological polar surface area (TPSA) is 30.3 Å². The number of allylic oxidation sites excluding steroid dienone is 1. The number of nitrogens with zero attached hydrogens (tertiary/aromatic N) is 3. The molecule has 1 saturated heterocycles. The van der Waals surface area contributed by atoms with Gasteiger partial charge in [-0.1, -0.05) is 31.7 Å². The standard InChI is InChI=1S/C23H26BF2N3S/c1-4-18(2)19-8-9-20(23(26)14-19)16-29(22-7-5-6-21(25)15-22)30(3)28-12-10-24(17-27)11-13-28/h5-9,14-15H,2-4,10-13,16H2,1H3. The van der Waals surface area contributed by atoms with Crippen molar-refractivity contribution in [3.8, 4) is 5.97 Å². The molecule has 0 saturated carbocycles. The van der Waals surface area contributed by atoms with Gasteiger partial charge in [0, 0.05) is 24.6 Å². The van der Waals surface area contributed by atoms with Crippen molar-refractivity contribution in [2.24, 2.45) is 0 Å². The third-order valence-corrected chi connectivity index (χ3v) is 7.30. The third kappa shape index (κ3) is 5.19. The Labute approximate surface area is 180 Å². The lowest BCUT2D eigenvalue weighted by atomic mass is 9.45. The van der Waals surface area contributed by atoms with Crippen molar-refractivity contribution in [1.29, 1.82) is 5.26 Å². The molecule has 1 heterocycles. The van der Waals surface area contributed by atoms with E-state index >= 15 is 0 Å². The minimum absolute atomic E-state index is 0.0672. The Morgan fingerprint density at radius 3 is 2.57 bits per heavy atom. The molecule has 30 heavy (non-hydrogen) atoms. The Morgan fingerprint density at radius 2 is 1.97 bits per heavy atom. The lowest BCUT2D eigenvalue weighted by Gasteiger charge is -2.37. The molecule has 3 rings (SSSR count). The highest BCUT2D eigenvalue weighted by Gasteiger charge is 2.26. The van der Waals surface area contributed by atoms with Crippen LogP contribution in [0.15, 0.2) is 49.0 Å². The van der Waals surface area contributed by atoms with E-state index in [-0.39, 0.29) is 24.9 Å². The van der Waals surface area contributed by atoms with E-state index in [1.165, 1.54) is 18.2 Å². The first-order valence-corrected chi connectivity index (χ1v) is 11.4. The summed E-state index contributed by atoms with van der Waals surface area (Å²) in [4.78, 5) is 0. The van der Waals surface area contributed by atoms with Crippen molar-refractivity contribution in [3.05, 3.63) is 71.8 Å². The van der Waals surface area contributed by atoms with E-state index in [9.17, 15) is 8.78 Å². The zero-order chi connectivity index (χ0) is 21.7. The van der Waals surface area contributed by atoms with Crippen LogP contribution in [0.4, 0.5) is 14.5 Å². The molecular formula is C23H26BF2N3S. The predicted octanol–water partition coefficient (Wildman–Crippen LogP) is 5.80. The van der Waals surface area contributed by atoms with Gasteiger partial charge in [-0.15, -0.1) is 0 Å². The summed E-state index contributed by atoms with van der Waals surface area (Å²) in [6.45, 7) is 7.80. The van der Waals surface area contributed by atoms with Crippen molar-refractivity contribution in [2.75, 3.05) is 17.4 Å². The fourth-order valence-corrected chi connectivity index (χ4v) is 5.06. The quantitative estimate of drug-likeness (QED) is 0.415. The Hall–Kier alpha value is -2.43. The molecule has 156 valence electrons. The van der Waals surface area contributed by atoms with Gasteiger partial charge < -0.3 is 4.31 Å². The average molecular weight is 425 g/mol. The average Bonchev–Trinajstić information content (AvgIpc) is 2.77. The van der Waals surface area contributed by atoms with Crippen molar-refractivity contribution in [3.63, 3.8) is 0 Å². The van der Waals surface area contributed by atoms with Gasteiger partial charge in [0.05, 0.1) is 12.2 Å². The molecule has 2 aromatic carbocycles. The number of benzene rings is 2. The molecular weight excluding hydrogens is 399 g/mol. The normalized spacial score (nSPS) is 15.5. The molecule has 7 heteroatoms. The maximum Gasteiger partial charge on any atom is 0.270 e. The maximum atomic E-state index is 14.9. The molecule has 1 atom stereocenters. The molecule has 0 radical (unpaired) electrons. The molecule has 0 aliphatic carbocycles. The molecule has 3 nitrogen and oxygen atoms in total. The maximum absolute atomic E-state index is 14.9. The van der Waals surface area contributed by atoms with Gasteiger partial charge in [0.2, 0.25) is 0 Å². The highest BCUT2D eigenvalue weighted by atomic mass is 32.2. The molecule has 0 spiro atoms. The van der Waals surface area contributed by atoms with E-state index in [2.05, 4.69) is 22.7 Å². The van der Waals surface area contributed by atoms with E-state index in [1.54, 1.807) is 12.1 Å². The summed E-state index contributed by atoms with van der Waals surface area (Å²) in [6.07, 6.45) is 2.33. The van der Waals surface area contributed by atoms with Gasteiger partial charge in [0.1, 0.15) is 11.6 Å². The fourth-order valence-electron chi connectivity index (χ4n) is 3.51. The molecule has 0 aromatic heterocycles. The lowest BCUT2D eigenvalue weighted by Crippen LogP contribution is -2.37. The summed E-state index contributed by atoms with van der Waals surface area (Å²) in [5.41, 5.74) is 2.88. The number of rotatable bonds is 7. The van der Waals surface area contributed by atoms with E-state index in [4.69, 9.17) is 5.26 Å². The smallest absolute Gasteiger partial charge is 0.270 e. The van der Waals surface area contributed by atoms with Crippen molar-refractivity contribution in [2.45, 2.75) is 32.5 Å². The van der Waals surface area contributed by atoms with Crippen molar-refractivity contribution in [1.82, 2.24) is 4.31 Å². The van der Waals surface area contributed by atoms with Crippen LogP contribution in [-0.4, -0.2) is 30.0 Å². The Morgan fingerprint density at radius 1 is 1.23 bits per heavy atom. The summed E-state index contributed by atoms with van der Waals surface area (Å²) in [6, 6.07) is 11.5. The number of anilines is 1. The van der Waals surface area contributed by atoms with Crippen LogP contribution >= 0.6 is 10.9 Å². The van der Waals surface area contributed by atoms with E-state index < -0.39 is 10.9 Å². The van der Waals surface area contributed by atoms with Gasteiger partial charge in [-0.3, -0.25) is 0 Å². The Bertz CT molecular complexity index is 981. The van der Waals surface area contributed by atoms with Crippen molar-refractivity contribution < 1.29 is 8.78 Å². The fraction of sp³-hybridized carbons (Fsp3) is 0.304. The summed E-state index contributed by atoms with van der Waals surface area (Å²) in [5, 5.41) is 9.16. The second kappa shape index (κ2) is 10.1. The van der Waals surface area contributed by atoms with Gasteiger partial charge in [-0.25, -0.2) is 18.3 Å². The molecule has 0 amide bonds. The van der Waals surface area contributed by atoms with Gasteiger partial charge in [0.15, 0.2) is 0 Å². The van der Waals surface area contributed by atoms with Crippen LogP contribution in [0, 0.1) is 22.9 Å². The number of halogens is 2. The molecule has 1 aliphatic rings. The zero-order valence-electron chi connectivity index (χ0n) is 17.3. The largest absolute Gasteiger partial charge is 0.306 e. The Kier molecular flexibility index (Phi) is 7.46. The van der Waals surface area contributed by atoms with Gasteiger partial charge >= 0.3 is 0 Å². The van der Waals surface area contributed by atoms with Crippen LogP contribution in [0.1, 0.15) is 24.5 Å². The highest BCUT2D eigenvalue weighted by molar-refractivity contribution is 8.13. The monoisotopic (exact) mass is 425 g/mol. The molecule has 2 aromatic rings. The second-order valence-electron chi connectivity index (χ2n) is 7.45. The SMILES string of the molecule is C=C(CC)c1ccc(CN(c2cccc(F)c2)S(=C)N2CCB(C#N)CC2)c(F)c1. The van der Waals surface area contributed by atoms with Gasteiger partial charge in [0.25, 0.3) is 6.71 Å². The minimum atomic E-state index is -0.639. The van der Waals surface area contributed by atoms with Gasteiger partial charge in [-0.2, -0.15) is 0 Å². The first kappa shape index (κ1) is 22.3. The van der Waals surface area contributed by atoms with Crippen LogP contribution in [0.2, 0.25) is 12.6 Å². The summed E-state index contributed by atoms with van der Waals surface area (Å²) < 4.78 is 33.0. The van der Waals surface area contributed by atoms with E-state index in [0.717, 1.165) is 43.3 Å². The lowest BCUT2D eigenvalue weighted by molar-refractivity contribution is 0.500. The molecule has 1 aliphatic heterocycles. The molecule has 0 N–H and O–H groups in total.